The lowest BCUT2D eigenvalue weighted by Crippen LogP contribution is -2.44. The Labute approximate surface area is 102 Å². The lowest BCUT2D eigenvalue weighted by atomic mass is 9.96. The first-order valence-corrected chi connectivity index (χ1v) is 5.48. The summed E-state index contributed by atoms with van der Waals surface area (Å²) in [6.07, 6.45) is -0.223. The third-order valence-electron chi connectivity index (χ3n) is 2.72. The van der Waals surface area contributed by atoms with Crippen LogP contribution in [-0.2, 0) is 0 Å². The maximum Gasteiger partial charge on any atom is 0.189 e. The molecule has 6 heteroatoms. The fourth-order valence-corrected chi connectivity index (χ4v) is 1.90. The average molecular weight is 224 g/mol. The van der Waals surface area contributed by atoms with E-state index in [2.05, 4.69) is 10.3 Å². The van der Waals surface area contributed by atoms with Crippen LogP contribution < -0.4 is 20.3 Å². The SMILES string of the molecule is [B]c1ccc2c(c1)OCC(C1=NCC([B])N1)O2. The molecule has 2 unspecified atom stereocenters. The first-order chi connectivity index (χ1) is 8.22. The van der Waals surface area contributed by atoms with Crippen LogP contribution in [0, 0.1) is 0 Å². The van der Waals surface area contributed by atoms with E-state index in [0.29, 0.717) is 30.1 Å². The van der Waals surface area contributed by atoms with Crippen LogP contribution in [0.5, 0.6) is 11.5 Å². The van der Waals surface area contributed by atoms with Gasteiger partial charge in [-0.05, 0) is 12.1 Å². The van der Waals surface area contributed by atoms with Crippen LogP contribution in [0.3, 0.4) is 0 Å². The van der Waals surface area contributed by atoms with Crippen LogP contribution in [0.2, 0.25) is 0 Å². The predicted molar refractivity (Wildman–Crippen MR) is 66.7 cm³/mol. The number of fused-ring (bicyclic) bond motifs is 1. The Hall–Kier alpha value is -1.58. The summed E-state index contributed by atoms with van der Waals surface area (Å²) in [6, 6.07) is 5.33. The summed E-state index contributed by atoms with van der Waals surface area (Å²) in [6.45, 7) is 0.985. The monoisotopic (exact) mass is 224 g/mol. The van der Waals surface area contributed by atoms with Crippen LogP contribution in [0.1, 0.15) is 0 Å². The molecular weight excluding hydrogens is 214 g/mol. The van der Waals surface area contributed by atoms with Gasteiger partial charge >= 0.3 is 0 Å². The minimum Gasteiger partial charge on any atom is -0.485 e. The molecule has 3 rings (SSSR count). The van der Waals surface area contributed by atoms with Gasteiger partial charge in [-0.3, -0.25) is 4.99 Å². The molecule has 0 aliphatic carbocycles. The van der Waals surface area contributed by atoms with Crippen molar-refractivity contribution in [2.75, 3.05) is 13.2 Å². The molecule has 2 aliphatic heterocycles. The van der Waals surface area contributed by atoms with Crippen molar-refractivity contribution in [2.24, 2.45) is 4.99 Å². The number of rotatable bonds is 1. The highest BCUT2D eigenvalue weighted by Crippen LogP contribution is 2.30. The van der Waals surface area contributed by atoms with Gasteiger partial charge in [0.05, 0.1) is 6.54 Å². The second-order valence-electron chi connectivity index (χ2n) is 4.10. The molecular formula is C11H10B2N2O2. The molecule has 4 nitrogen and oxygen atoms in total. The summed E-state index contributed by atoms with van der Waals surface area (Å²) in [5.74, 6) is 1.98. The number of ether oxygens (including phenoxy) is 2. The van der Waals surface area contributed by atoms with Gasteiger partial charge in [-0.1, -0.05) is 11.5 Å². The second kappa shape index (κ2) is 4.02. The molecule has 1 N–H and O–H groups in total. The molecule has 0 saturated carbocycles. The van der Waals surface area contributed by atoms with Crippen molar-refractivity contribution in [3.05, 3.63) is 18.2 Å². The third kappa shape index (κ3) is 1.99. The van der Waals surface area contributed by atoms with Crippen molar-refractivity contribution in [2.45, 2.75) is 12.0 Å². The number of nitrogens with one attached hydrogen (secondary N) is 1. The topological polar surface area (TPSA) is 42.8 Å². The van der Waals surface area contributed by atoms with Crippen molar-refractivity contribution < 1.29 is 9.47 Å². The van der Waals surface area contributed by atoms with Gasteiger partial charge in [0.2, 0.25) is 0 Å². The van der Waals surface area contributed by atoms with Crippen molar-refractivity contribution in [1.82, 2.24) is 5.32 Å². The van der Waals surface area contributed by atoms with Gasteiger partial charge in [0.25, 0.3) is 0 Å². The van der Waals surface area contributed by atoms with Crippen molar-refractivity contribution in [3.63, 3.8) is 0 Å². The second-order valence-corrected chi connectivity index (χ2v) is 4.10. The highest BCUT2D eigenvalue weighted by molar-refractivity contribution is 6.32. The molecule has 17 heavy (non-hydrogen) atoms. The van der Waals surface area contributed by atoms with E-state index < -0.39 is 0 Å². The molecule has 0 bridgehead atoms. The average Bonchev–Trinajstić information content (AvgIpc) is 2.75. The first-order valence-electron chi connectivity index (χ1n) is 5.48. The zero-order chi connectivity index (χ0) is 11.8. The summed E-state index contributed by atoms with van der Waals surface area (Å²) < 4.78 is 11.4. The van der Waals surface area contributed by atoms with Gasteiger partial charge < -0.3 is 14.8 Å². The molecule has 2 aliphatic rings. The summed E-state index contributed by atoms with van der Waals surface area (Å²) in [7, 11) is 11.4. The Morgan fingerprint density at radius 1 is 1.35 bits per heavy atom. The smallest absolute Gasteiger partial charge is 0.189 e. The Kier molecular flexibility index (Phi) is 2.50. The quantitative estimate of drug-likeness (QED) is 0.629. The highest BCUT2D eigenvalue weighted by atomic mass is 16.6. The van der Waals surface area contributed by atoms with E-state index in [9.17, 15) is 0 Å². The molecule has 2 heterocycles. The summed E-state index contributed by atoms with van der Waals surface area (Å²) in [4.78, 5) is 4.28. The number of aliphatic imine (C=N–C) groups is 1. The Morgan fingerprint density at radius 2 is 2.24 bits per heavy atom. The number of benzene rings is 1. The van der Waals surface area contributed by atoms with Crippen LogP contribution >= 0.6 is 0 Å². The predicted octanol–water partition coefficient (Wildman–Crippen LogP) is -0.883. The summed E-state index contributed by atoms with van der Waals surface area (Å²) >= 11 is 0. The Bertz CT molecular complexity index is 479. The van der Waals surface area contributed by atoms with E-state index in [1.54, 1.807) is 18.2 Å². The minimum absolute atomic E-state index is 0.124. The van der Waals surface area contributed by atoms with E-state index in [1.165, 1.54) is 0 Å². The van der Waals surface area contributed by atoms with E-state index in [4.69, 9.17) is 25.2 Å². The molecule has 0 amide bonds. The highest BCUT2D eigenvalue weighted by Gasteiger charge is 2.28. The number of nitrogens with zero attached hydrogens (tertiary/aromatic N) is 1. The standard InChI is InChI=1S/C11H10B2N2O2/c12-6-1-2-7-8(3-6)16-5-9(17-7)11-14-4-10(13)15-11/h1-3,9-10H,4-5H2,(H,14,15). The lowest BCUT2D eigenvalue weighted by molar-refractivity contribution is 0.133. The molecule has 82 valence electrons. The molecule has 0 fully saturated rings. The molecule has 4 radical (unpaired) electrons. The Balaban J connectivity index is 1.79. The third-order valence-corrected chi connectivity index (χ3v) is 2.72. The van der Waals surface area contributed by atoms with Gasteiger partial charge in [-0.15, -0.1) is 0 Å². The summed E-state index contributed by atoms with van der Waals surface area (Å²) in [5, 5.41) is 3.06. The van der Waals surface area contributed by atoms with Crippen molar-refractivity contribution in [3.8, 4) is 11.5 Å². The van der Waals surface area contributed by atoms with Crippen molar-refractivity contribution >= 4 is 27.0 Å². The number of hydrogen-bond donors (Lipinski definition) is 1. The molecule has 0 spiro atoms. The maximum absolute atomic E-state index is 5.79. The number of hydrogen-bond acceptors (Lipinski definition) is 4. The van der Waals surface area contributed by atoms with Gasteiger partial charge in [-0.25, -0.2) is 0 Å². The first kappa shape index (κ1) is 10.6. The van der Waals surface area contributed by atoms with E-state index >= 15 is 0 Å². The van der Waals surface area contributed by atoms with Crippen molar-refractivity contribution in [1.29, 1.82) is 0 Å². The van der Waals surface area contributed by atoms with Crippen LogP contribution in [0.15, 0.2) is 23.2 Å². The zero-order valence-corrected chi connectivity index (χ0v) is 9.22. The summed E-state index contributed by atoms with van der Waals surface area (Å²) in [5.41, 5.74) is 0.657. The lowest BCUT2D eigenvalue weighted by Gasteiger charge is -2.27. The number of amidine groups is 1. The minimum atomic E-state index is -0.223. The Morgan fingerprint density at radius 3 is 3.00 bits per heavy atom. The fraction of sp³-hybridized carbons (Fsp3) is 0.364. The molecule has 0 aromatic heterocycles. The molecule has 1 aromatic carbocycles. The van der Waals surface area contributed by atoms with Crippen LogP contribution in [-0.4, -0.2) is 46.7 Å². The molecule has 1 aromatic rings. The maximum atomic E-state index is 5.79. The zero-order valence-electron chi connectivity index (χ0n) is 9.22. The van der Waals surface area contributed by atoms with E-state index in [1.807, 2.05) is 0 Å². The van der Waals surface area contributed by atoms with Gasteiger partial charge in [0.15, 0.2) is 17.6 Å². The van der Waals surface area contributed by atoms with Crippen LogP contribution in [0.25, 0.3) is 0 Å². The van der Waals surface area contributed by atoms with Crippen LogP contribution in [0.4, 0.5) is 0 Å². The normalized spacial score (nSPS) is 26.2. The largest absolute Gasteiger partial charge is 0.485 e. The molecule has 2 atom stereocenters. The van der Waals surface area contributed by atoms with E-state index in [0.717, 1.165) is 5.84 Å². The fourth-order valence-electron chi connectivity index (χ4n) is 1.90. The molecule has 0 saturated heterocycles. The van der Waals surface area contributed by atoms with Gasteiger partial charge in [0.1, 0.15) is 28.1 Å². The van der Waals surface area contributed by atoms with Gasteiger partial charge in [-0.2, -0.15) is 0 Å². The van der Waals surface area contributed by atoms with E-state index in [-0.39, 0.29) is 12.0 Å². The van der Waals surface area contributed by atoms with Gasteiger partial charge in [0, 0.05) is 5.94 Å².